The van der Waals surface area contributed by atoms with Crippen molar-refractivity contribution in [3.63, 3.8) is 0 Å². The Morgan fingerprint density at radius 1 is 1.06 bits per heavy atom. The number of aryl methyl sites for hydroxylation is 3. The van der Waals surface area contributed by atoms with Gasteiger partial charge in [-0.2, -0.15) is 0 Å². The van der Waals surface area contributed by atoms with Crippen molar-refractivity contribution in [1.82, 2.24) is 10.2 Å². The molecule has 2 aromatic carbocycles. The highest BCUT2D eigenvalue weighted by atomic mass is 16.5. The molecule has 6 nitrogen and oxygen atoms in total. The van der Waals surface area contributed by atoms with Gasteiger partial charge in [-0.05, 0) is 50.1 Å². The monoisotopic (exact) mass is 421 g/mol. The van der Waals surface area contributed by atoms with E-state index < -0.39 is 6.17 Å². The molecule has 1 aliphatic rings. The fourth-order valence-electron chi connectivity index (χ4n) is 3.88. The number of nitrogens with zero attached hydrogens (tertiary/aromatic N) is 2. The molecule has 0 fully saturated rings. The average molecular weight is 422 g/mol. The number of ketones is 1. The minimum Gasteiger partial charge on any atom is -0.493 e. The predicted octanol–water partition coefficient (Wildman–Crippen LogP) is 4.54. The van der Waals surface area contributed by atoms with E-state index in [1.165, 1.54) is 5.56 Å². The van der Waals surface area contributed by atoms with Gasteiger partial charge in [0.2, 0.25) is 0 Å². The highest BCUT2D eigenvalue weighted by Crippen LogP contribution is 2.32. The molecule has 1 unspecified atom stereocenters. The van der Waals surface area contributed by atoms with Crippen molar-refractivity contribution in [2.75, 3.05) is 21.3 Å². The molecule has 3 rings (SSSR count). The number of ether oxygens (including phenoxy) is 2. The van der Waals surface area contributed by atoms with E-state index in [1.807, 2.05) is 43.1 Å². The average Bonchev–Trinajstić information content (AvgIpc) is 2.76. The van der Waals surface area contributed by atoms with Crippen LogP contribution in [0.3, 0.4) is 0 Å². The summed E-state index contributed by atoms with van der Waals surface area (Å²) in [5.41, 5.74) is 6.06. The first-order valence-electron chi connectivity index (χ1n) is 10.4. The van der Waals surface area contributed by atoms with Gasteiger partial charge in [-0.3, -0.25) is 4.79 Å². The second-order valence-corrected chi connectivity index (χ2v) is 7.82. The topological polar surface area (TPSA) is 63.2 Å². The number of likely N-dealkylation sites (N-methyl/N-ethyl adjacent to an activating group) is 1. The van der Waals surface area contributed by atoms with Gasteiger partial charge in [0.1, 0.15) is 5.84 Å². The van der Waals surface area contributed by atoms with Crippen LogP contribution in [0.4, 0.5) is 5.69 Å². The molecule has 2 aromatic rings. The zero-order valence-electron chi connectivity index (χ0n) is 19.4. The van der Waals surface area contributed by atoms with Gasteiger partial charge in [-0.25, -0.2) is 4.99 Å². The van der Waals surface area contributed by atoms with E-state index in [0.717, 1.165) is 33.9 Å². The van der Waals surface area contributed by atoms with Crippen molar-refractivity contribution in [3.05, 3.63) is 58.7 Å². The molecule has 1 aliphatic heterocycles. The summed E-state index contributed by atoms with van der Waals surface area (Å²) in [6, 6.07) is 9.95. The number of rotatable bonds is 6. The van der Waals surface area contributed by atoms with Crippen LogP contribution in [-0.2, 0) is 4.79 Å². The number of hydrogen-bond acceptors (Lipinski definition) is 5. The van der Waals surface area contributed by atoms with E-state index in [9.17, 15) is 4.79 Å². The van der Waals surface area contributed by atoms with Crippen LogP contribution in [0.1, 0.15) is 35.6 Å². The van der Waals surface area contributed by atoms with E-state index in [0.29, 0.717) is 17.9 Å². The normalized spacial score (nSPS) is 17.3. The molecule has 0 bridgehead atoms. The number of aliphatic imine (C=N–C) groups is 1. The van der Waals surface area contributed by atoms with Crippen LogP contribution in [0.2, 0.25) is 0 Å². The zero-order chi connectivity index (χ0) is 22.7. The summed E-state index contributed by atoms with van der Waals surface area (Å²) in [5, 5.41) is 3.37. The molecular formula is C25H31N3O3. The molecular weight excluding hydrogens is 390 g/mol. The number of amidine groups is 1. The lowest BCUT2D eigenvalue weighted by Gasteiger charge is -2.35. The van der Waals surface area contributed by atoms with Gasteiger partial charge in [0.15, 0.2) is 23.4 Å². The van der Waals surface area contributed by atoms with Crippen LogP contribution in [0.5, 0.6) is 11.5 Å². The maximum atomic E-state index is 12.7. The maximum absolute atomic E-state index is 12.7. The Kier molecular flexibility index (Phi) is 6.68. The lowest BCUT2D eigenvalue weighted by Crippen LogP contribution is -2.53. The van der Waals surface area contributed by atoms with Gasteiger partial charge in [-0.15, -0.1) is 0 Å². The first kappa shape index (κ1) is 22.4. The second-order valence-electron chi connectivity index (χ2n) is 7.82. The number of Topliss-reactive ketones (excluding diaryl/α,β-unsaturated/α-hetero) is 1. The summed E-state index contributed by atoms with van der Waals surface area (Å²) in [5.74, 6) is 2.11. The van der Waals surface area contributed by atoms with E-state index >= 15 is 0 Å². The Morgan fingerprint density at radius 2 is 1.71 bits per heavy atom. The van der Waals surface area contributed by atoms with Gasteiger partial charge in [0, 0.05) is 30.8 Å². The van der Waals surface area contributed by atoms with Crippen LogP contribution in [0.25, 0.3) is 5.70 Å². The van der Waals surface area contributed by atoms with Gasteiger partial charge in [0.25, 0.3) is 0 Å². The van der Waals surface area contributed by atoms with Gasteiger partial charge < -0.3 is 19.7 Å². The van der Waals surface area contributed by atoms with Crippen molar-refractivity contribution < 1.29 is 14.3 Å². The number of hydrogen-bond donors (Lipinski definition) is 1. The van der Waals surface area contributed by atoms with Gasteiger partial charge >= 0.3 is 0 Å². The van der Waals surface area contributed by atoms with Crippen molar-refractivity contribution in [1.29, 1.82) is 0 Å². The van der Waals surface area contributed by atoms with Crippen LogP contribution in [-0.4, -0.2) is 44.0 Å². The van der Waals surface area contributed by atoms with Crippen molar-refractivity contribution in [2.24, 2.45) is 4.99 Å². The summed E-state index contributed by atoms with van der Waals surface area (Å²) in [6.07, 6.45) is 1.90. The third-order valence-electron chi connectivity index (χ3n) is 5.52. The SMILES string of the molecule is CCC(=O)C1NC(c2ccc(OC)c(OC)c2)=CC(=Nc2c(C)cc(C)cc2C)N1C. The minimum atomic E-state index is -0.497. The third-order valence-corrected chi connectivity index (χ3v) is 5.52. The zero-order valence-corrected chi connectivity index (χ0v) is 19.4. The summed E-state index contributed by atoms with van der Waals surface area (Å²) in [7, 11) is 5.11. The van der Waals surface area contributed by atoms with Gasteiger partial charge in [-0.1, -0.05) is 24.6 Å². The van der Waals surface area contributed by atoms with Crippen molar-refractivity contribution in [3.8, 4) is 11.5 Å². The molecule has 6 heteroatoms. The van der Waals surface area contributed by atoms with E-state index in [1.54, 1.807) is 14.2 Å². The molecule has 0 aliphatic carbocycles. The van der Waals surface area contributed by atoms with Crippen LogP contribution in [0, 0.1) is 20.8 Å². The summed E-state index contributed by atoms with van der Waals surface area (Å²) >= 11 is 0. The summed E-state index contributed by atoms with van der Waals surface area (Å²) in [6.45, 7) is 8.08. The number of nitrogens with one attached hydrogen (secondary N) is 1. The van der Waals surface area contributed by atoms with E-state index in [4.69, 9.17) is 14.5 Å². The Hall–Kier alpha value is -3.28. The number of benzene rings is 2. The smallest absolute Gasteiger partial charge is 0.175 e. The molecule has 0 amide bonds. The van der Waals surface area contributed by atoms with Gasteiger partial charge in [0.05, 0.1) is 19.9 Å². The number of methoxy groups -OCH3 is 2. The minimum absolute atomic E-state index is 0.0960. The molecule has 0 aromatic heterocycles. The lowest BCUT2D eigenvalue weighted by atomic mass is 10.0. The van der Waals surface area contributed by atoms with Crippen molar-refractivity contribution >= 4 is 23.0 Å². The van der Waals surface area contributed by atoms with Crippen LogP contribution in [0.15, 0.2) is 41.4 Å². The van der Waals surface area contributed by atoms with E-state index in [2.05, 4.69) is 38.2 Å². The summed E-state index contributed by atoms with van der Waals surface area (Å²) in [4.78, 5) is 19.6. The van der Waals surface area contributed by atoms with Crippen LogP contribution >= 0.6 is 0 Å². The fourth-order valence-corrected chi connectivity index (χ4v) is 3.88. The summed E-state index contributed by atoms with van der Waals surface area (Å²) < 4.78 is 10.8. The molecule has 0 radical (unpaired) electrons. The first-order chi connectivity index (χ1) is 14.8. The Balaban J connectivity index is 2.14. The van der Waals surface area contributed by atoms with Crippen LogP contribution < -0.4 is 14.8 Å². The predicted molar refractivity (Wildman–Crippen MR) is 125 cm³/mol. The largest absolute Gasteiger partial charge is 0.493 e. The van der Waals surface area contributed by atoms with E-state index in [-0.39, 0.29) is 5.78 Å². The molecule has 164 valence electrons. The molecule has 1 atom stereocenters. The quantitative estimate of drug-likeness (QED) is 0.742. The molecule has 1 N–H and O–H groups in total. The molecule has 0 saturated heterocycles. The third kappa shape index (κ3) is 4.58. The fraction of sp³-hybridized carbons (Fsp3) is 0.360. The first-order valence-corrected chi connectivity index (χ1v) is 10.4. The Labute approximate surface area is 184 Å². The highest BCUT2D eigenvalue weighted by Gasteiger charge is 2.29. The molecule has 0 spiro atoms. The second kappa shape index (κ2) is 9.25. The lowest BCUT2D eigenvalue weighted by molar-refractivity contribution is -0.123. The Morgan fingerprint density at radius 3 is 2.29 bits per heavy atom. The Bertz CT molecular complexity index is 1030. The molecule has 1 heterocycles. The standard InChI is InChI=1S/C25H31N3O3/c1-8-20(29)25-26-19(18-9-10-21(30-6)22(13-18)31-7)14-23(28(25)5)27-24-16(3)11-15(2)12-17(24)4/h9-14,25-26H,8H2,1-7H3. The number of carbonyl (C=O) groups excluding carboxylic acids is 1. The van der Waals surface area contributed by atoms with Crippen molar-refractivity contribution in [2.45, 2.75) is 40.3 Å². The highest BCUT2D eigenvalue weighted by molar-refractivity contribution is 6.05. The molecule has 31 heavy (non-hydrogen) atoms. The maximum Gasteiger partial charge on any atom is 0.175 e. The number of carbonyl (C=O) groups is 1. The molecule has 0 saturated carbocycles.